The van der Waals surface area contributed by atoms with Gasteiger partial charge < -0.3 is 4.74 Å². The molecule has 0 N–H and O–H groups in total. The highest BCUT2D eigenvalue weighted by Crippen LogP contribution is 2.28. The molecule has 10 nitrogen and oxygen atoms in total. The molecule has 0 radical (unpaired) electrons. The highest BCUT2D eigenvalue weighted by Gasteiger charge is 2.23. The van der Waals surface area contributed by atoms with E-state index in [-0.39, 0.29) is 29.1 Å². The van der Waals surface area contributed by atoms with Crippen LogP contribution in [0.15, 0.2) is 38.9 Å². The quantitative estimate of drug-likeness (QED) is 0.186. The molecule has 31 heavy (non-hydrogen) atoms. The minimum absolute atomic E-state index is 0.112. The molecule has 2 aromatic heterocycles. The molecule has 3 rings (SSSR count). The minimum Gasteiger partial charge on any atom is -0.486 e. The van der Waals surface area contributed by atoms with Crippen LogP contribution in [0.4, 0.5) is 5.69 Å². The standard InChI is InChI=1S/C20H23N5O5S/c1-20(2,3)18-21-15-14(17(26)24(5)19(27)23(15)4)16(22-18)31-11-10-30-13-9-7-6-8-12(13)25(28)29/h6-9H,10-11H2,1-5H3. The summed E-state index contributed by atoms with van der Waals surface area (Å²) in [7, 11) is 2.98. The molecule has 0 unspecified atom stereocenters. The Hall–Kier alpha value is -3.21. The van der Waals surface area contributed by atoms with E-state index in [9.17, 15) is 19.7 Å². The summed E-state index contributed by atoms with van der Waals surface area (Å²) in [5.41, 5.74) is -1.18. The highest BCUT2D eigenvalue weighted by atomic mass is 32.2. The second kappa shape index (κ2) is 8.50. The van der Waals surface area contributed by atoms with Gasteiger partial charge in [0.1, 0.15) is 16.2 Å². The first-order chi connectivity index (χ1) is 14.5. The zero-order valence-electron chi connectivity index (χ0n) is 17.9. The van der Waals surface area contributed by atoms with Crippen molar-refractivity contribution in [3.8, 4) is 5.75 Å². The van der Waals surface area contributed by atoms with Gasteiger partial charge in [-0.05, 0) is 6.07 Å². The molecule has 2 heterocycles. The summed E-state index contributed by atoms with van der Waals surface area (Å²) < 4.78 is 7.94. The molecule has 0 saturated heterocycles. The van der Waals surface area contributed by atoms with Crippen molar-refractivity contribution in [3.63, 3.8) is 0 Å². The van der Waals surface area contributed by atoms with Gasteiger partial charge in [0.15, 0.2) is 11.4 Å². The lowest BCUT2D eigenvalue weighted by atomic mass is 9.96. The minimum atomic E-state index is -0.500. The van der Waals surface area contributed by atoms with Gasteiger partial charge in [-0.1, -0.05) is 32.9 Å². The predicted molar refractivity (Wildman–Crippen MR) is 118 cm³/mol. The van der Waals surface area contributed by atoms with E-state index in [0.29, 0.717) is 16.6 Å². The van der Waals surface area contributed by atoms with E-state index in [1.54, 1.807) is 19.2 Å². The van der Waals surface area contributed by atoms with Crippen LogP contribution in [0, 0.1) is 10.1 Å². The lowest BCUT2D eigenvalue weighted by Gasteiger charge is -2.19. The maximum Gasteiger partial charge on any atom is 0.332 e. The van der Waals surface area contributed by atoms with Crippen LogP contribution in [0.2, 0.25) is 0 Å². The van der Waals surface area contributed by atoms with Crippen molar-refractivity contribution in [2.24, 2.45) is 14.1 Å². The first-order valence-electron chi connectivity index (χ1n) is 9.49. The molecule has 3 aromatic rings. The molecule has 0 fully saturated rings. The van der Waals surface area contributed by atoms with Crippen molar-refractivity contribution < 1.29 is 9.66 Å². The average Bonchev–Trinajstić information content (AvgIpc) is 2.72. The van der Waals surface area contributed by atoms with E-state index >= 15 is 0 Å². The Bertz CT molecular complexity index is 1280. The Kier molecular flexibility index (Phi) is 6.16. The van der Waals surface area contributed by atoms with E-state index in [1.165, 1.54) is 35.5 Å². The number of hydrogen-bond donors (Lipinski definition) is 0. The van der Waals surface area contributed by atoms with Gasteiger partial charge in [-0.15, -0.1) is 11.8 Å². The number of aromatic nitrogens is 4. The van der Waals surface area contributed by atoms with Crippen LogP contribution in [0.5, 0.6) is 5.75 Å². The fourth-order valence-electron chi connectivity index (χ4n) is 2.89. The SMILES string of the molecule is Cn1c(=O)c2c(SCCOc3ccccc3[N+](=O)[O-])nc(C(C)(C)C)nc2n(C)c1=O. The van der Waals surface area contributed by atoms with Gasteiger partial charge in [0.25, 0.3) is 5.56 Å². The average molecular weight is 446 g/mol. The van der Waals surface area contributed by atoms with E-state index < -0.39 is 21.6 Å². The number of nitrogens with zero attached hydrogens (tertiary/aromatic N) is 5. The lowest BCUT2D eigenvalue weighted by Crippen LogP contribution is -2.38. The third kappa shape index (κ3) is 4.46. The number of thioether (sulfide) groups is 1. The lowest BCUT2D eigenvalue weighted by molar-refractivity contribution is -0.385. The predicted octanol–water partition coefficient (Wildman–Crippen LogP) is 2.40. The van der Waals surface area contributed by atoms with Gasteiger partial charge in [-0.2, -0.15) is 0 Å². The normalized spacial score (nSPS) is 11.6. The van der Waals surface area contributed by atoms with E-state index in [2.05, 4.69) is 9.97 Å². The van der Waals surface area contributed by atoms with Crippen LogP contribution in [0.25, 0.3) is 11.0 Å². The first-order valence-corrected chi connectivity index (χ1v) is 10.5. The van der Waals surface area contributed by atoms with Crippen LogP contribution in [-0.4, -0.2) is 36.4 Å². The Morgan fingerprint density at radius 3 is 2.45 bits per heavy atom. The molecular weight excluding hydrogens is 422 g/mol. The first kappa shape index (κ1) is 22.5. The molecule has 0 atom stereocenters. The zero-order chi connectivity index (χ0) is 22.9. The summed E-state index contributed by atoms with van der Waals surface area (Å²) in [5, 5.41) is 11.8. The highest BCUT2D eigenvalue weighted by molar-refractivity contribution is 7.99. The zero-order valence-corrected chi connectivity index (χ0v) is 18.7. The maximum atomic E-state index is 12.8. The molecular formula is C20H23N5O5S. The van der Waals surface area contributed by atoms with Gasteiger partial charge in [0.2, 0.25) is 0 Å². The molecule has 0 amide bonds. The van der Waals surface area contributed by atoms with Gasteiger partial charge in [0.05, 0.1) is 11.5 Å². The number of nitro benzene ring substituents is 1. The second-order valence-corrected chi connectivity index (χ2v) is 9.01. The summed E-state index contributed by atoms with van der Waals surface area (Å²) >= 11 is 1.28. The molecule has 0 saturated carbocycles. The van der Waals surface area contributed by atoms with Crippen LogP contribution < -0.4 is 16.0 Å². The van der Waals surface area contributed by atoms with Crippen LogP contribution in [0.3, 0.4) is 0 Å². The van der Waals surface area contributed by atoms with Gasteiger partial charge in [0, 0.05) is 31.3 Å². The number of benzene rings is 1. The van der Waals surface area contributed by atoms with Gasteiger partial charge in [-0.3, -0.25) is 24.0 Å². The molecule has 164 valence electrons. The summed E-state index contributed by atoms with van der Waals surface area (Å²) in [5.74, 6) is 1.06. The number of ether oxygens (including phenoxy) is 1. The Morgan fingerprint density at radius 1 is 1.13 bits per heavy atom. The van der Waals surface area contributed by atoms with Crippen molar-refractivity contribution in [1.82, 2.24) is 19.1 Å². The Morgan fingerprint density at radius 2 is 1.81 bits per heavy atom. The summed E-state index contributed by atoms with van der Waals surface area (Å²) in [6.07, 6.45) is 0. The van der Waals surface area contributed by atoms with Crippen molar-refractivity contribution in [2.45, 2.75) is 31.2 Å². The maximum absolute atomic E-state index is 12.8. The van der Waals surface area contributed by atoms with Gasteiger partial charge in [-0.25, -0.2) is 14.8 Å². The van der Waals surface area contributed by atoms with E-state index in [0.717, 1.165) is 4.57 Å². The largest absolute Gasteiger partial charge is 0.486 e. The summed E-state index contributed by atoms with van der Waals surface area (Å²) in [6.45, 7) is 6.00. The van der Waals surface area contributed by atoms with Crippen LogP contribution in [0.1, 0.15) is 26.6 Å². The number of nitro groups is 1. The Balaban J connectivity index is 1.95. The molecule has 0 aliphatic heterocycles. The summed E-state index contributed by atoms with van der Waals surface area (Å²) in [6, 6.07) is 6.14. The molecule has 11 heteroatoms. The fraction of sp³-hybridized carbons (Fsp3) is 0.400. The van der Waals surface area contributed by atoms with E-state index in [1.807, 2.05) is 20.8 Å². The third-order valence-corrected chi connectivity index (χ3v) is 5.52. The molecule has 0 bridgehead atoms. The molecule has 0 spiro atoms. The number of aryl methyl sites for hydroxylation is 1. The number of para-hydroxylation sites is 2. The monoisotopic (exact) mass is 445 g/mol. The topological polar surface area (TPSA) is 122 Å². The Labute approximate surface area is 182 Å². The van der Waals surface area contributed by atoms with Crippen molar-refractivity contribution in [1.29, 1.82) is 0 Å². The van der Waals surface area contributed by atoms with Gasteiger partial charge >= 0.3 is 11.4 Å². The third-order valence-electron chi connectivity index (χ3n) is 4.58. The second-order valence-electron chi connectivity index (χ2n) is 7.93. The number of fused-ring (bicyclic) bond motifs is 1. The molecule has 0 aliphatic carbocycles. The summed E-state index contributed by atoms with van der Waals surface area (Å²) in [4.78, 5) is 44.9. The van der Waals surface area contributed by atoms with Crippen LogP contribution >= 0.6 is 11.8 Å². The van der Waals surface area contributed by atoms with Crippen LogP contribution in [-0.2, 0) is 19.5 Å². The number of hydrogen-bond acceptors (Lipinski definition) is 8. The van der Waals surface area contributed by atoms with Crippen molar-refractivity contribution >= 4 is 28.5 Å². The fourth-order valence-corrected chi connectivity index (χ4v) is 3.72. The smallest absolute Gasteiger partial charge is 0.332 e. The molecule has 1 aromatic carbocycles. The number of rotatable bonds is 6. The van der Waals surface area contributed by atoms with Crippen molar-refractivity contribution in [3.05, 3.63) is 61.0 Å². The van der Waals surface area contributed by atoms with Crippen molar-refractivity contribution in [2.75, 3.05) is 12.4 Å². The molecule has 0 aliphatic rings. The van der Waals surface area contributed by atoms with E-state index in [4.69, 9.17) is 4.74 Å².